The predicted octanol–water partition coefficient (Wildman–Crippen LogP) is 3.53. The highest BCUT2D eigenvalue weighted by Gasteiger charge is 2.27. The Hall–Kier alpha value is -2.23. The first-order valence-electron chi connectivity index (χ1n) is 10.8. The largest absolute Gasteiger partial charge is 0.379 e. The molecule has 3 aromatic heterocycles. The minimum atomic E-state index is 0.439. The van der Waals surface area contributed by atoms with Crippen molar-refractivity contribution < 1.29 is 4.74 Å². The van der Waals surface area contributed by atoms with Crippen molar-refractivity contribution in [2.24, 2.45) is 7.05 Å². The molecule has 0 radical (unpaired) electrons. The van der Waals surface area contributed by atoms with E-state index in [2.05, 4.69) is 24.5 Å². The van der Waals surface area contributed by atoms with Crippen LogP contribution in [0.4, 0.5) is 16.8 Å². The van der Waals surface area contributed by atoms with Crippen molar-refractivity contribution in [2.75, 3.05) is 36.9 Å². The second-order valence-corrected chi connectivity index (χ2v) is 9.12. The van der Waals surface area contributed by atoms with Gasteiger partial charge in [-0.25, -0.2) is 4.98 Å². The molecule has 1 saturated carbocycles. The van der Waals surface area contributed by atoms with E-state index in [1.165, 1.54) is 24.4 Å². The van der Waals surface area contributed by atoms with Crippen LogP contribution in [0.25, 0.3) is 11.0 Å². The van der Waals surface area contributed by atoms with Crippen LogP contribution >= 0.6 is 11.5 Å². The molecule has 5 rings (SSSR count). The summed E-state index contributed by atoms with van der Waals surface area (Å²) in [5, 5.41) is 8.02. The molecule has 2 aliphatic rings. The number of hydrogen-bond donors (Lipinski definition) is 2. The smallest absolute Gasteiger partial charge is 0.230 e. The zero-order chi connectivity index (χ0) is 20.5. The molecule has 2 N–H and O–H groups in total. The highest BCUT2D eigenvalue weighted by Crippen LogP contribution is 2.30. The van der Waals surface area contributed by atoms with Gasteiger partial charge < -0.3 is 19.9 Å². The molecule has 1 saturated heterocycles. The molecule has 9 heteroatoms. The first-order chi connectivity index (χ1) is 14.7. The summed E-state index contributed by atoms with van der Waals surface area (Å²) in [7, 11) is 2.05. The summed E-state index contributed by atoms with van der Waals surface area (Å²) in [4.78, 5) is 12.2. The van der Waals surface area contributed by atoms with Gasteiger partial charge in [0.1, 0.15) is 10.5 Å². The molecule has 0 spiro atoms. The molecule has 8 nitrogen and oxygen atoms in total. The monoisotopic (exact) mass is 427 g/mol. The van der Waals surface area contributed by atoms with Gasteiger partial charge in [-0.1, -0.05) is 0 Å². The van der Waals surface area contributed by atoms with Gasteiger partial charge >= 0.3 is 0 Å². The Labute approximate surface area is 180 Å². The summed E-state index contributed by atoms with van der Waals surface area (Å²) in [6.45, 7) is 5.89. The van der Waals surface area contributed by atoms with Crippen LogP contribution in [0.5, 0.6) is 0 Å². The van der Waals surface area contributed by atoms with Crippen LogP contribution in [0.3, 0.4) is 0 Å². The van der Waals surface area contributed by atoms with Gasteiger partial charge in [-0.3, -0.25) is 4.90 Å². The van der Waals surface area contributed by atoms with E-state index in [-0.39, 0.29) is 0 Å². The number of aromatic nitrogens is 4. The maximum atomic E-state index is 5.51. The van der Waals surface area contributed by atoms with Gasteiger partial charge in [-0.05, 0) is 56.3 Å². The van der Waals surface area contributed by atoms with Crippen molar-refractivity contribution in [3.63, 3.8) is 0 Å². The first kappa shape index (κ1) is 19.7. The summed E-state index contributed by atoms with van der Waals surface area (Å²) in [5.41, 5.74) is 3.00. The molecule has 2 fully saturated rings. The number of morpholine rings is 1. The highest BCUT2D eigenvalue weighted by molar-refractivity contribution is 7.10. The molecular formula is C21H29N7OS. The van der Waals surface area contributed by atoms with Crippen molar-refractivity contribution >= 4 is 39.3 Å². The fourth-order valence-electron chi connectivity index (χ4n) is 4.60. The maximum absolute atomic E-state index is 5.51. The molecule has 30 heavy (non-hydrogen) atoms. The minimum Gasteiger partial charge on any atom is -0.379 e. The van der Waals surface area contributed by atoms with Crippen LogP contribution in [-0.2, 0) is 11.8 Å². The van der Waals surface area contributed by atoms with Crippen molar-refractivity contribution in [1.82, 2.24) is 23.8 Å². The second-order valence-electron chi connectivity index (χ2n) is 8.31. The molecule has 4 heterocycles. The Bertz CT molecular complexity index is 1000. The lowest BCUT2D eigenvalue weighted by atomic mass is 9.90. The average Bonchev–Trinajstić information content (AvgIpc) is 3.34. The summed E-state index contributed by atoms with van der Waals surface area (Å²) in [6, 6.07) is 5.19. The van der Waals surface area contributed by atoms with Crippen molar-refractivity contribution in [1.29, 1.82) is 0 Å². The third-order valence-corrected chi connectivity index (χ3v) is 6.98. The number of hydrogen-bond acceptors (Lipinski definition) is 8. The van der Waals surface area contributed by atoms with Crippen molar-refractivity contribution in [3.05, 3.63) is 24.0 Å². The number of nitrogens with one attached hydrogen (secondary N) is 2. The fraction of sp³-hybridized carbons (Fsp3) is 0.571. The molecule has 3 aromatic rings. The highest BCUT2D eigenvalue weighted by atomic mass is 32.1. The number of ether oxygens (including phenoxy) is 1. The van der Waals surface area contributed by atoms with Gasteiger partial charge in [0.05, 0.1) is 24.4 Å². The number of aryl methyl sites for hydroxylation is 2. The molecule has 0 atom stereocenters. The Morgan fingerprint density at radius 1 is 1.13 bits per heavy atom. The van der Waals surface area contributed by atoms with E-state index in [0.29, 0.717) is 18.0 Å². The van der Waals surface area contributed by atoms with Gasteiger partial charge in [0.15, 0.2) is 5.82 Å². The Kier molecular flexibility index (Phi) is 5.58. The van der Waals surface area contributed by atoms with Crippen LogP contribution in [-0.4, -0.2) is 62.2 Å². The molecule has 0 unspecified atom stereocenters. The third kappa shape index (κ3) is 4.14. The summed E-state index contributed by atoms with van der Waals surface area (Å²) >= 11 is 1.43. The summed E-state index contributed by atoms with van der Waals surface area (Å²) < 4.78 is 11.9. The van der Waals surface area contributed by atoms with Crippen LogP contribution < -0.4 is 10.6 Å². The van der Waals surface area contributed by atoms with E-state index in [4.69, 9.17) is 14.7 Å². The lowest BCUT2D eigenvalue weighted by Crippen LogP contribution is -2.46. The molecule has 1 aliphatic carbocycles. The Morgan fingerprint density at radius 3 is 2.67 bits per heavy atom. The van der Waals surface area contributed by atoms with Crippen molar-refractivity contribution in [2.45, 2.75) is 44.7 Å². The lowest BCUT2D eigenvalue weighted by molar-refractivity contribution is 0.00791. The van der Waals surface area contributed by atoms with Gasteiger partial charge in [0, 0.05) is 38.4 Å². The van der Waals surface area contributed by atoms with E-state index in [1.54, 1.807) is 0 Å². The minimum absolute atomic E-state index is 0.439. The van der Waals surface area contributed by atoms with Gasteiger partial charge in [-0.2, -0.15) is 9.36 Å². The van der Waals surface area contributed by atoms with Gasteiger partial charge in [-0.15, -0.1) is 0 Å². The number of rotatable bonds is 5. The fourth-order valence-corrected chi connectivity index (χ4v) is 5.26. The molecule has 1 aliphatic heterocycles. The average molecular weight is 428 g/mol. The lowest BCUT2D eigenvalue weighted by Gasteiger charge is -2.39. The first-order valence-corrected chi connectivity index (χ1v) is 11.5. The van der Waals surface area contributed by atoms with Gasteiger partial charge in [0.2, 0.25) is 5.95 Å². The summed E-state index contributed by atoms with van der Waals surface area (Å²) in [6.07, 6.45) is 6.82. The number of nitrogens with zero attached hydrogens (tertiary/aromatic N) is 5. The molecule has 0 bridgehead atoms. The molecular weight excluding hydrogens is 398 g/mol. The van der Waals surface area contributed by atoms with Crippen LogP contribution in [0, 0.1) is 6.92 Å². The normalized spacial score (nSPS) is 23.0. The van der Waals surface area contributed by atoms with Gasteiger partial charge in [0.25, 0.3) is 0 Å². The van der Waals surface area contributed by atoms with E-state index >= 15 is 0 Å². The second kappa shape index (κ2) is 8.49. The predicted molar refractivity (Wildman–Crippen MR) is 121 cm³/mol. The van der Waals surface area contributed by atoms with E-state index < -0.39 is 0 Å². The SMILES string of the molecule is Cc1cc(Nc2nc(N[C@H]3CC[C@H](N4CCOCC4)CC3)c3c(ccn3C)n2)sn1. The summed E-state index contributed by atoms with van der Waals surface area (Å²) in [5.74, 6) is 1.52. The van der Waals surface area contributed by atoms with E-state index in [0.717, 1.165) is 66.7 Å². The van der Waals surface area contributed by atoms with Crippen LogP contribution in [0.1, 0.15) is 31.4 Å². The van der Waals surface area contributed by atoms with E-state index in [1.807, 2.05) is 32.3 Å². The standard InChI is InChI=1S/C21H29N7OS/c1-14-13-18(30-26-14)24-21-23-17-7-8-27(2)19(17)20(25-21)22-15-3-5-16(6-4-15)28-9-11-29-12-10-28/h7-8,13,15-16H,3-6,9-12H2,1-2H3,(H2,22,23,24,25)/t15-,16-. The number of fused-ring (bicyclic) bond motifs is 1. The zero-order valence-electron chi connectivity index (χ0n) is 17.6. The zero-order valence-corrected chi connectivity index (χ0v) is 18.4. The van der Waals surface area contributed by atoms with Crippen LogP contribution in [0.15, 0.2) is 18.3 Å². The van der Waals surface area contributed by atoms with E-state index in [9.17, 15) is 0 Å². The van der Waals surface area contributed by atoms with Crippen molar-refractivity contribution in [3.8, 4) is 0 Å². The third-order valence-electron chi connectivity index (χ3n) is 6.18. The van der Waals surface area contributed by atoms with Crippen LogP contribution in [0.2, 0.25) is 0 Å². The quantitative estimate of drug-likeness (QED) is 0.645. The number of anilines is 3. The Balaban J connectivity index is 1.31. The molecule has 0 aromatic carbocycles. The molecule has 160 valence electrons. The molecule has 0 amide bonds. The Morgan fingerprint density at radius 2 is 1.93 bits per heavy atom. The topological polar surface area (TPSA) is 80.1 Å². The maximum Gasteiger partial charge on any atom is 0.230 e.